The van der Waals surface area contributed by atoms with Gasteiger partial charge in [-0.1, -0.05) is 12.1 Å². The molecule has 0 aliphatic carbocycles. The molecule has 20 heavy (non-hydrogen) atoms. The van der Waals surface area contributed by atoms with Crippen molar-refractivity contribution in [1.29, 1.82) is 0 Å². The molecule has 0 bridgehead atoms. The first-order chi connectivity index (χ1) is 9.43. The maximum atomic E-state index is 11.9. The predicted molar refractivity (Wildman–Crippen MR) is 81.8 cm³/mol. The molecule has 0 fully saturated rings. The standard InChI is InChI=1S/C16H24N2O2/c1-5-6-15(17)16(19)18(4)7-8-20-14-10-12(2)9-13(3)11-14/h5,9-11,15H,1,6-8,17H2,2-4H3. The van der Waals surface area contributed by atoms with Crippen LogP contribution in [0, 0.1) is 13.8 Å². The second-order valence-corrected chi connectivity index (χ2v) is 5.06. The third-order valence-electron chi connectivity index (χ3n) is 3.00. The van der Waals surface area contributed by atoms with Crippen LogP contribution < -0.4 is 10.5 Å². The third-order valence-corrected chi connectivity index (χ3v) is 3.00. The van der Waals surface area contributed by atoms with Crippen LogP contribution in [0.25, 0.3) is 0 Å². The molecule has 0 heterocycles. The first kappa shape index (κ1) is 16.2. The average molecular weight is 276 g/mol. The molecule has 0 aromatic heterocycles. The number of ether oxygens (including phenoxy) is 1. The van der Waals surface area contributed by atoms with Crippen LogP contribution in [0.5, 0.6) is 5.75 Å². The number of aryl methyl sites for hydroxylation is 2. The monoisotopic (exact) mass is 276 g/mol. The number of hydrogen-bond donors (Lipinski definition) is 1. The van der Waals surface area contributed by atoms with Crippen LogP contribution in [0.4, 0.5) is 0 Å². The SMILES string of the molecule is C=CCC(N)C(=O)N(C)CCOc1cc(C)cc(C)c1. The van der Waals surface area contributed by atoms with E-state index in [0.717, 1.165) is 16.9 Å². The maximum absolute atomic E-state index is 11.9. The summed E-state index contributed by atoms with van der Waals surface area (Å²) in [6, 6.07) is 5.55. The molecule has 4 nitrogen and oxygen atoms in total. The number of amides is 1. The number of carbonyl (C=O) groups excluding carboxylic acids is 1. The summed E-state index contributed by atoms with van der Waals surface area (Å²) in [5.74, 6) is 0.743. The van der Waals surface area contributed by atoms with Gasteiger partial charge >= 0.3 is 0 Å². The number of hydrogen-bond acceptors (Lipinski definition) is 3. The Morgan fingerprint density at radius 1 is 1.40 bits per heavy atom. The van der Waals surface area contributed by atoms with Crippen molar-refractivity contribution in [2.24, 2.45) is 5.73 Å². The Morgan fingerprint density at radius 3 is 2.55 bits per heavy atom. The van der Waals surface area contributed by atoms with E-state index in [2.05, 4.69) is 12.6 Å². The Kier molecular flexibility index (Phi) is 6.25. The zero-order valence-corrected chi connectivity index (χ0v) is 12.6. The smallest absolute Gasteiger partial charge is 0.239 e. The quantitative estimate of drug-likeness (QED) is 0.775. The highest BCUT2D eigenvalue weighted by Gasteiger charge is 2.16. The molecule has 1 unspecified atom stereocenters. The molecule has 1 atom stereocenters. The van der Waals surface area contributed by atoms with Crippen molar-refractivity contribution in [2.75, 3.05) is 20.2 Å². The van der Waals surface area contributed by atoms with Gasteiger partial charge in [-0.15, -0.1) is 6.58 Å². The first-order valence-electron chi connectivity index (χ1n) is 6.76. The van der Waals surface area contributed by atoms with Gasteiger partial charge in [0, 0.05) is 7.05 Å². The molecular weight excluding hydrogens is 252 g/mol. The molecule has 0 aliphatic heterocycles. The van der Waals surface area contributed by atoms with E-state index in [-0.39, 0.29) is 5.91 Å². The van der Waals surface area contributed by atoms with Crippen LogP contribution in [0.2, 0.25) is 0 Å². The van der Waals surface area contributed by atoms with Crippen LogP contribution in [0.15, 0.2) is 30.9 Å². The molecule has 1 aromatic carbocycles. The Balaban J connectivity index is 2.43. The van der Waals surface area contributed by atoms with Gasteiger partial charge in [0.05, 0.1) is 12.6 Å². The molecule has 1 rings (SSSR count). The highest BCUT2D eigenvalue weighted by molar-refractivity contribution is 5.81. The lowest BCUT2D eigenvalue weighted by Gasteiger charge is -2.20. The fourth-order valence-electron chi connectivity index (χ4n) is 1.99. The van der Waals surface area contributed by atoms with Gasteiger partial charge in [-0.3, -0.25) is 4.79 Å². The molecule has 4 heteroatoms. The summed E-state index contributed by atoms with van der Waals surface area (Å²) >= 11 is 0. The van der Waals surface area contributed by atoms with E-state index in [0.29, 0.717) is 19.6 Å². The van der Waals surface area contributed by atoms with E-state index < -0.39 is 6.04 Å². The lowest BCUT2D eigenvalue weighted by molar-refractivity contribution is -0.131. The van der Waals surface area contributed by atoms with Crippen LogP contribution in [0.1, 0.15) is 17.5 Å². The van der Waals surface area contributed by atoms with Gasteiger partial charge in [0.2, 0.25) is 5.91 Å². The molecule has 0 radical (unpaired) electrons. The first-order valence-corrected chi connectivity index (χ1v) is 6.76. The van der Waals surface area contributed by atoms with Crippen molar-refractivity contribution in [3.63, 3.8) is 0 Å². The highest BCUT2D eigenvalue weighted by atomic mass is 16.5. The number of nitrogens with two attached hydrogens (primary N) is 1. The van der Waals surface area contributed by atoms with Crippen LogP contribution in [-0.2, 0) is 4.79 Å². The van der Waals surface area contributed by atoms with Crippen molar-refractivity contribution in [2.45, 2.75) is 26.3 Å². The summed E-state index contributed by atoms with van der Waals surface area (Å²) in [5.41, 5.74) is 8.08. The number of benzene rings is 1. The van der Waals surface area contributed by atoms with E-state index in [4.69, 9.17) is 10.5 Å². The molecule has 0 saturated carbocycles. The summed E-state index contributed by atoms with van der Waals surface area (Å²) in [5, 5.41) is 0. The third kappa shape index (κ3) is 5.05. The van der Waals surface area contributed by atoms with E-state index in [1.54, 1.807) is 18.0 Å². The second kappa shape index (κ2) is 7.70. The normalized spacial score (nSPS) is 11.8. The Bertz CT molecular complexity index is 451. The number of carbonyl (C=O) groups is 1. The lowest BCUT2D eigenvalue weighted by atomic mass is 10.1. The molecule has 0 aliphatic rings. The summed E-state index contributed by atoms with van der Waals surface area (Å²) in [4.78, 5) is 13.5. The minimum absolute atomic E-state index is 0.0890. The molecule has 0 spiro atoms. The van der Waals surface area contributed by atoms with Gasteiger partial charge in [0.25, 0.3) is 0 Å². The van der Waals surface area contributed by atoms with E-state index >= 15 is 0 Å². The van der Waals surface area contributed by atoms with Gasteiger partial charge in [-0.05, 0) is 43.5 Å². The van der Waals surface area contributed by atoms with Gasteiger partial charge < -0.3 is 15.4 Å². The minimum atomic E-state index is -0.515. The highest BCUT2D eigenvalue weighted by Crippen LogP contribution is 2.16. The van der Waals surface area contributed by atoms with Gasteiger partial charge in [-0.2, -0.15) is 0 Å². The predicted octanol–water partition coefficient (Wildman–Crippen LogP) is 2.04. The Labute approximate surface area is 121 Å². The van der Waals surface area contributed by atoms with E-state index in [1.807, 2.05) is 26.0 Å². The summed E-state index contributed by atoms with van der Waals surface area (Å²) in [6.45, 7) is 8.61. The van der Waals surface area contributed by atoms with Crippen molar-refractivity contribution in [1.82, 2.24) is 4.90 Å². The van der Waals surface area contributed by atoms with Crippen LogP contribution in [0.3, 0.4) is 0 Å². The van der Waals surface area contributed by atoms with Crippen LogP contribution >= 0.6 is 0 Å². The number of likely N-dealkylation sites (N-methyl/N-ethyl adjacent to an activating group) is 1. The van der Waals surface area contributed by atoms with Gasteiger partial charge in [0.15, 0.2) is 0 Å². The zero-order chi connectivity index (χ0) is 15.1. The number of rotatable bonds is 7. The summed E-state index contributed by atoms with van der Waals surface area (Å²) in [6.07, 6.45) is 2.14. The Morgan fingerprint density at radius 2 is 2.00 bits per heavy atom. The van der Waals surface area contributed by atoms with Crippen LogP contribution in [-0.4, -0.2) is 37.0 Å². The van der Waals surface area contributed by atoms with E-state index in [1.165, 1.54) is 0 Å². The maximum Gasteiger partial charge on any atom is 0.239 e. The van der Waals surface area contributed by atoms with E-state index in [9.17, 15) is 4.79 Å². The molecular formula is C16H24N2O2. The molecule has 1 amide bonds. The van der Waals surface area contributed by atoms with Gasteiger partial charge in [0.1, 0.15) is 12.4 Å². The lowest BCUT2D eigenvalue weighted by Crippen LogP contribution is -2.42. The largest absolute Gasteiger partial charge is 0.492 e. The summed E-state index contributed by atoms with van der Waals surface area (Å²) < 4.78 is 5.67. The summed E-state index contributed by atoms with van der Waals surface area (Å²) in [7, 11) is 1.73. The second-order valence-electron chi connectivity index (χ2n) is 5.06. The molecule has 0 saturated heterocycles. The molecule has 1 aromatic rings. The molecule has 2 N–H and O–H groups in total. The molecule has 110 valence electrons. The van der Waals surface area contributed by atoms with Gasteiger partial charge in [-0.25, -0.2) is 0 Å². The van der Waals surface area contributed by atoms with Crippen molar-refractivity contribution in [3.05, 3.63) is 42.0 Å². The Hall–Kier alpha value is -1.81. The fraction of sp³-hybridized carbons (Fsp3) is 0.438. The minimum Gasteiger partial charge on any atom is -0.492 e. The zero-order valence-electron chi connectivity index (χ0n) is 12.6. The van der Waals surface area contributed by atoms with Crippen molar-refractivity contribution in [3.8, 4) is 5.75 Å². The topological polar surface area (TPSA) is 55.6 Å². The van der Waals surface area contributed by atoms with Crippen molar-refractivity contribution >= 4 is 5.91 Å². The fourth-order valence-corrected chi connectivity index (χ4v) is 1.99. The van der Waals surface area contributed by atoms with Crippen molar-refractivity contribution < 1.29 is 9.53 Å². The number of nitrogens with zero attached hydrogens (tertiary/aromatic N) is 1. The average Bonchev–Trinajstić information content (AvgIpc) is 2.36.